The molecular formula is C16H14N4O3S. The van der Waals surface area contributed by atoms with Gasteiger partial charge in [0, 0.05) is 23.7 Å². The van der Waals surface area contributed by atoms with Crippen molar-refractivity contribution in [3.63, 3.8) is 0 Å². The van der Waals surface area contributed by atoms with Gasteiger partial charge in [-0.2, -0.15) is 5.10 Å². The van der Waals surface area contributed by atoms with Crippen LogP contribution in [0.1, 0.15) is 34.9 Å². The summed E-state index contributed by atoms with van der Waals surface area (Å²) in [6.07, 6.45) is 2.33. The maximum atomic E-state index is 12.3. The molecule has 1 aliphatic heterocycles. The maximum absolute atomic E-state index is 12.3. The summed E-state index contributed by atoms with van der Waals surface area (Å²) in [4.78, 5) is 16.8. The Balaban J connectivity index is 1.40. The van der Waals surface area contributed by atoms with Crippen LogP contribution in [0.5, 0.6) is 11.5 Å². The number of hydrogen-bond acceptors (Lipinski definition) is 6. The van der Waals surface area contributed by atoms with Crippen molar-refractivity contribution in [2.75, 3.05) is 18.5 Å². The molecule has 0 saturated heterocycles. The minimum Gasteiger partial charge on any atom is -0.486 e. The van der Waals surface area contributed by atoms with Crippen molar-refractivity contribution in [2.45, 2.75) is 18.8 Å². The highest BCUT2D eigenvalue weighted by Crippen LogP contribution is 2.39. The lowest BCUT2D eigenvalue weighted by molar-refractivity contribution is 0.102. The second-order valence-electron chi connectivity index (χ2n) is 5.92. The largest absolute Gasteiger partial charge is 0.486 e. The van der Waals surface area contributed by atoms with Gasteiger partial charge in [0.25, 0.3) is 5.91 Å². The molecule has 24 heavy (non-hydrogen) atoms. The van der Waals surface area contributed by atoms with Crippen molar-refractivity contribution >= 4 is 32.6 Å². The number of anilines is 1. The van der Waals surface area contributed by atoms with E-state index in [1.807, 2.05) is 18.2 Å². The van der Waals surface area contributed by atoms with Crippen LogP contribution in [0.4, 0.5) is 5.13 Å². The first-order valence-corrected chi connectivity index (χ1v) is 8.65. The predicted octanol–water partition coefficient (Wildman–Crippen LogP) is 2.92. The SMILES string of the molecule is O=C(Nc1nc2cc3c(cc2s1)OCCO3)c1cc(C2CC2)[nH]n1. The van der Waals surface area contributed by atoms with Gasteiger partial charge in [-0.05, 0) is 18.9 Å². The third kappa shape index (κ3) is 2.39. The van der Waals surface area contributed by atoms with Crippen molar-refractivity contribution in [3.05, 3.63) is 29.6 Å². The number of ether oxygens (including phenoxy) is 2. The van der Waals surface area contributed by atoms with Gasteiger partial charge >= 0.3 is 0 Å². The lowest BCUT2D eigenvalue weighted by Crippen LogP contribution is -2.15. The highest BCUT2D eigenvalue weighted by molar-refractivity contribution is 7.22. The summed E-state index contributed by atoms with van der Waals surface area (Å²) in [6.45, 7) is 1.08. The Labute approximate surface area is 141 Å². The molecule has 7 nitrogen and oxygen atoms in total. The van der Waals surface area contributed by atoms with Crippen molar-refractivity contribution in [1.82, 2.24) is 15.2 Å². The molecule has 8 heteroatoms. The summed E-state index contributed by atoms with van der Waals surface area (Å²) < 4.78 is 12.1. The molecule has 1 fully saturated rings. The Bertz CT molecular complexity index is 901. The van der Waals surface area contributed by atoms with Gasteiger partial charge in [0.2, 0.25) is 0 Å². The van der Waals surface area contributed by atoms with Gasteiger partial charge in [0.15, 0.2) is 22.3 Å². The van der Waals surface area contributed by atoms with Crippen LogP contribution in [-0.2, 0) is 0 Å². The quantitative estimate of drug-likeness (QED) is 0.764. The fourth-order valence-electron chi connectivity index (χ4n) is 2.74. The first-order chi connectivity index (χ1) is 11.8. The molecule has 2 aromatic heterocycles. The fourth-order valence-corrected chi connectivity index (χ4v) is 3.61. The number of hydrogen-bond donors (Lipinski definition) is 2. The Morgan fingerprint density at radius 2 is 2.00 bits per heavy atom. The zero-order valence-corrected chi connectivity index (χ0v) is 13.5. The standard InChI is InChI=1S/C16H14N4O3S/c21-15(11-5-9(19-20-11)8-1-2-8)18-16-17-10-6-12-13(7-14(10)24-16)23-4-3-22-12/h5-8H,1-4H2,(H,19,20)(H,17,18,21). The molecular weight excluding hydrogens is 328 g/mol. The molecule has 0 atom stereocenters. The summed E-state index contributed by atoms with van der Waals surface area (Å²) in [6, 6.07) is 5.56. The number of carbonyl (C=O) groups excluding carboxylic acids is 1. The van der Waals surface area contributed by atoms with E-state index in [1.165, 1.54) is 11.3 Å². The minimum atomic E-state index is -0.255. The molecule has 5 rings (SSSR count). The first kappa shape index (κ1) is 13.8. The van der Waals surface area contributed by atoms with Gasteiger partial charge in [0.1, 0.15) is 13.2 Å². The van der Waals surface area contributed by atoms with Crippen molar-refractivity contribution in [2.24, 2.45) is 0 Å². The van der Waals surface area contributed by atoms with Gasteiger partial charge in [-0.25, -0.2) is 4.98 Å². The summed E-state index contributed by atoms with van der Waals surface area (Å²) >= 11 is 1.40. The molecule has 1 aromatic carbocycles. The minimum absolute atomic E-state index is 0.255. The van der Waals surface area contributed by atoms with E-state index in [0.29, 0.717) is 35.7 Å². The molecule has 1 aliphatic carbocycles. The molecule has 2 N–H and O–H groups in total. The molecule has 122 valence electrons. The number of aromatic amines is 1. The van der Waals surface area contributed by atoms with E-state index in [0.717, 1.165) is 34.5 Å². The molecule has 0 unspecified atom stereocenters. The van der Waals surface area contributed by atoms with E-state index in [1.54, 1.807) is 0 Å². The number of nitrogens with one attached hydrogen (secondary N) is 2. The van der Waals surface area contributed by atoms with Crippen molar-refractivity contribution < 1.29 is 14.3 Å². The van der Waals surface area contributed by atoms with E-state index < -0.39 is 0 Å². The number of aromatic nitrogens is 3. The van der Waals surface area contributed by atoms with Gasteiger partial charge in [-0.15, -0.1) is 0 Å². The number of H-pyrrole nitrogens is 1. The zero-order chi connectivity index (χ0) is 16.1. The first-order valence-electron chi connectivity index (χ1n) is 7.83. The number of carbonyl (C=O) groups is 1. The summed E-state index contributed by atoms with van der Waals surface area (Å²) in [5.74, 6) is 1.69. The number of rotatable bonds is 3. The predicted molar refractivity (Wildman–Crippen MR) is 89.1 cm³/mol. The van der Waals surface area contributed by atoms with E-state index in [4.69, 9.17) is 9.47 Å². The van der Waals surface area contributed by atoms with Crippen molar-refractivity contribution in [3.8, 4) is 11.5 Å². The third-order valence-corrected chi connectivity index (χ3v) is 5.05. The van der Waals surface area contributed by atoms with E-state index in [9.17, 15) is 4.79 Å². The topological polar surface area (TPSA) is 89.1 Å². The molecule has 1 saturated carbocycles. The number of fused-ring (bicyclic) bond motifs is 2. The molecule has 0 radical (unpaired) electrons. The van der Waals surface area contributed by atoms with Crippen LogP contribution in [0, 0.1) is 0 Å². The third-order valence-electron chi connectivity index (χ3n) is 4.12. The Hall–Kier alpha value is -2.61. The average Bonchev–Trinajstić information content (AvgIpc) is 3.18. The fraction of sp³-hybridized carbons (Fsp3) is 0.312. The normalized spacial score (nSPS) is 16.3. The molecule has 2 aliphatic rings. The van der Waals surface area contributed by atoms with Crippen LogP contribution in [-0.4, -0.2) is 34.3 Å². The second-order valence-corrected chi connectivity index (χ2v) is 6.95. The Morgan fingerprint density at radius 3 is 2.79 bits per heavy atom. The molecule has 3 aromatic rings. The highest BCUT2D eigenvalue weighted by Gasteiger charge is 2.26. The lowest BCUT2D eigenvalue weighted by atomic mass is 10.2. The number of amides is 1. The highest BCUT2D eigenvalue weighted by atomic mass is 32.1. The van der Waals surface area contributed by atoms with E-state index >= 15 is 0 Å². The number of thiazole rings is 1. The molecule has 0 bridgehead atoms. The Kier molecular flexibility index (Phi) is 2.99. The summed E-state index contributed by atoms with van der Waals surface area (Å²) in [5.41, 5.74) is 2.20. The van der Waals surface area contributed by atoms with Crippen molar-refractivity contribution in [1.29, 1.82) is 0 Å². The van der Waals surface area contributed by atoms with Crippen LogP contribution in [0.15, 0.2) is 18.2 Å². The molecule has 0 spiro atoms. The van der Waals surface area contributed by atoms with Crippen LogP contribution in [0.3, 0.4) is 0 Å². The van der Waals surface area contributed by atoms with Gasteiger partial charge in [-0.1, -0.05) is 11.3 Å². The maximum Gasteiger partial charge on any atom is 0.277 e. The summed E-state index contributed by atoms with van der Waals surface area (Å²) in [5, 5.41) is 10.4. The second kappa shape index (κ2) is 5.20. The molecule has 3 heterocycles. The van der Waals surface area contributed by atoms with Gasteiger partial charge < -0.3 is 9.47 Å². The van der Waals surface area contributed by atoms with Crippen LogP contribution in [0.25, 0.3) is 10.2 Å². The lowest BCUT2D eigenvalue weighted by Gasteiger charge is -2.17. The van der Waals surface area contributed by atoms with Crippen LogP contribution >= 0.6 is 11.3 Å². The average molecular weight is 342 g/mol. The number of benzene rings is 1. The van der Waals surface area contributed by atoms with E-state index in [2.05, 4.69) is 20.5 Å². The Morgan fingerprint density at radius 1 is 1.21 bits per heavy atom. The monoisotopic (exact) mass is 342 g/mol. The molecule has 1 amide bonds. The number of nitrogens with zero attached hydrogens (tertiary/aromatic N) is 2. The van der Waals surface area contributed by atoms with Gasteiger partial charge in [-0.3, -0.25) is 15.2 Å². The van der Waals surface area contributed by atoms with E-state index in [-0.39, 0.29) is 5.91 Å². The summed E-state index contributed by atoms with van der Waals surface area (Å²) in [7, 11) is 0. The smallest absolute Gasteiger partial charge is 0.277 e. The van der Waals surface area contributed by atoms with Gasteiger partial charge in [0.05, 0.1) is 10.2 Å². The zero-order valence-electron chi connectivity index (χ0n) is 12.7. The van der Waals surface area contributed by atoms with Crippen LogP contribution in [0.2, 0.25) is 0 Å². The van der Waals surface area contributed by atoms with Crippen LogP contribution < -0.4 is 14.8 Å².